The summed E-state index contributed by atoms with van der Waals surface area (Å²) in [5.41, 5.74) is 0. The lowest BCUT2D eigenvalue weighted by molar-refractivity contribution is -0.150. The van der Waals surface area contributed by atoms with Crippen LogP contribution >= 0.6 is 0 Å². The zero-order valence-corrected chi connectivity index (χ0v) is 9.81. The molecule has 1 saturated heterocycles. The van der Waals surface area contributed by atoms with E-state index in [9.17, 15) is 14.7 Å². The number of esters is 1. The second-order valence-electron chi connectivity index (χ2n) is 4.10. The van der Waals surface area contributed by atoms with E-state index in [2.05, 4.69) is 11.7 Å². The van der Waals surface area contributed by atoms with Gasteiger partial charge in [-0.15, -0.1) is 0 Å². The third kappa shape index (κ3) is 2.95. The van der Waals surface area contributed by atoms with Crippen LogP contribution < -0.4 is 0 Å². The van der Waals surface area contributed by atoms with Crippen LogP contribution in [-0.2, 0) is 14.3 Å². The van der Waals surface area contributed by atoms with Crippen LogP contribution in [0.25, 0.3) is 0 Å². The van der Waals surface area contributed by atoms with Crippen LogP contribution in [0.5, 0.6) is 0 Å². The molecule has 0 spiro atoms. The van der Waals surface area contributed by atoms with Crippen molar-refractivity contribution in [2.75, 3.05) is 13.7 Å². The fourth-order valence-corrected chi connectivity index (χ4v) is 1.94. The van der Waals surface area contributed by atoms with E-state index in [0.29, 0.717) is 6.42 Å². The van der Waals surface area contributed by atoms with E-state index < -0.39 is 12.2 Å². The monoisotopic (exact) mass is 229 g/mol. The largest absolute Gasteiger partial charge is 0.468 e. The molecule has 2 atom stereocenters. The van der Waals surface area contributed by atoms with Crippen LogP contribution in [0, 0.1) is 5.92 Å². The van der Waals surface area contributed by atoms with Gasteiger partial charge in [-0.1, -0.05) is 19.8 Å². The second-order valence-corrected chi connectivity index (χ2v) is 4.10. The van der Waals surface area contributed by atoms with Crippen LogP contribution in [0.4, 0.5) is 0 Å². The summed E-state index contributed by atoms with van der Waals surface area (Å²) in [6.07, 6.45) is 2.36. The van der Waals surface area contributed by atoms with E-state index in [4.69, 9.17) is 0 Å². The molecule has 1 aliphatic heterocycles. The van der Waals surface area contributed by atoms with E-state index in [1.807, 2.05) is 0 Å². The van der Waals surface area contributed by atoms with Gasteiger partial charge in [0.05, 0.1) is 7.11 Å². The van der Waals surface area contributed by atoms with Gasteiger partial charge >= 0.3 is 5.97 Å². The standard InChI is InChI=1S/C11H19NO4/c1-3-4-5-8-6-9(13)12(11(8)15)7-10(14)16-2/h8-9,13H,3-7H2,1-2H3/t8-,9?/m0/s1. The summed E-state index contributed by atoms with van der Waals surface area (Å²) in [5.74, 6) is -0.769. The van der Waals surface area contributed by atoms with Gasteiger partial charge in [-0.25, -0.2) is 0 Å². The zero-order chi connectivity index (χ0) is 12.1. The molecular formula is C11H19NO4. The minimum Gasteiger partial charge on any atom is -0.468 e. The lowest BCUT2D eigenvalue weighted by Crippen LogP contribution is -2.38. The number of aliphatic hydroxyl groups excluding tert-OH is 1. The van der Waals surface area contributed by atoms with E-state index in [1.165, 1.54) is 12.0 Å². The topological polar surface area (TPSA) is 66.8 Å². The van der Waals surface area contributed by atoms with Crippen molar-refractivity contribution >= 4 is 11.9 Å². The molecular weight excluding hydrogens is 210 g/mol. The molecule has 5 nitrogen and oxygen atoms in total. The molecule has 1 fully saturated rings. The highest BCUT2D eigenvalue weighted by Crippen LogP contribution is 2.27. The molecule has 1 heterocycles. The summed E-state index contributed by atoms with van der Waals surface area (Å²) >= 11 is 0. The Balaban J connectivity index is 2.53. The molecule has 0 saturated carbocycles. The minimum absolute atomic E-state index is 0.133. The van der Waals surface area contributed by atoms with Crippen molar-refractivity contribution < 1.29 is 19.4 Å². The number of carbonyl (C=O) groups is 2. The van der Waals surface area contributed by atoms with Gasteiger partial charge in [-0.3, -0.25) is 9.59 Å². The maximum atomic E-state index is 11.8. The van der Waals surface area contributed by atoms with Gasteiger partial charge in [-0.2, -0.15) is 0 Å². The number of amides is 1. The molecule has 0 bridgehead atoms. The van der Waals surface area contributed by atoms with Gasteiger partial charge in [0.2, 0.25) is 5.91 Å². The number of ether oxygens (including phenoxy) is 1. The first-order valence-corrected chi connectivity index (χ1v) is 5.65. The Labute approximate surface area is 95.4 Å². The van der Waals surface area contributed by atoms with Gasteiger partial charge in [0.25, 0.3) is 0 Å². The average Bonchev–Trinajstić information content (AvgIpc) is 2.53. The normalized spacial score (nSPS) is 24.9. The van der Waals surface area contributed by atoms with Crippen molar-refractivity contribution in [3.05, 3.63) is 0 Å². The van der Waals surface area contributed by atoms with Crippen LogP contribution in [0.3, 0.4) is 0 Å². The number of unbranched alkanes of at least 4 members (excludes halogenated alkanes) is 1. The van der Waals surface area contributed by atoms with Crippen LogP contribution in [-0.4, -0.2) is 41.8 Å². The lowest BCUT2D eigenvalue weighted by atomic mass is 10.0. The molecule has 0 aliphatic carbocycles. The Morgan fingerprint density at radius 2 is 2.31 bits per heavy atom. The van der Waals surface area contributed by atoms with Gasteiger partial charge in [0.1, 0.15) is 12.8 Å². The number of carbonyl (C=O) groups excluding carboxylic acids is 2. The molecule has 92 valence electrons. The van der Waals surface area contributed by atoms with Crippen molar-refractivity contribution in [2.24, 2.45) is 5.92 Å². The third-order valence-electron chi connectivity index (χ3n) is 2.92. The number of nitrogens with zero attached hydrogens (tertiary/aromatic N) is 1. The highest BCUT2D eigenvalue weighted by Gasteiger charge is 2.38. The first kappa shape index (κ1) is 13.0. The summed E-state index contributed by atoms with van der Waals surface area (Å²) in [6, 6.07) is 0. The molecule has 0 radical (unpaired) electrons. The Bertz CT molecular complexity index is 267. The smallest absolute Gasteiger partial charge is 0.325 e. The van der Waals surface area contributed by atoms with E-state index in [-0.39, 0.29) is 18.4 Å². The van der Waals surface area contributed by atoms with Crippen molar-refractivity contribution in [1.82, 2.24) is 4.90 Å². The molecule has 0 aromatic heterocycles. The Hall–Kier alpha value is -1.10. The summed E-state index contributed by atoms with van der Waals surface area (Å²) in [4.78, 5) is 24.1. The molecule has 1 unspecified atom stereocenters. The molecule has 1 rings (SSSR count). The van der Waals surface area contributed by atoms with Crippen molar-refractivity contribution in [1.29, 1.82) is 0 Å². The first-order valence-electron chi connectivity index (χ1n) is 5.65. The number of methoxy groups -OCH3 is 1. The predicted octanol–water partition coefficient (Wildman–Crippen LogP) is 0.516. The maximum absolute atomic E-state index is 11.8. The highest BCUT2D eigenvalue weighted by atomic mass is 16.5. The van der Waals surface area contributed by atoms with Crippen molar-refractivity contribution in [3.63, 3.8) is 0 Å². The Morgan fingerprint density at radius 3 is 2.88 bits per heavy atom. The molecule has 1 aliphatic rings. The highest BCUT2D eigenvalue weighted by molar-refractivity contribution is 5.85. The SMILES string of the molecule is CCCC[C@H]1CC(O)N(CC(=O)OC)C1=O. The number of rotatable bonds is 5. The molecule has 16 heavy (non-hydrogen) atoms. The van der Waals surface area contributed by atoms with E-state index >= 15 is 0 Å². The summed E-state index contributed by atoms with van der Waals surface area (Å²) < 4.78 is 4.48. The summed E-state index contributed by atoms with van der Waals surface area (Å²) in [5, 5.41) is 9.67. The van der Waals surface area contributed by atoms with Gasteiger partial charge in [0.15, 0.2) is 0 Å². The number of hydrogen-bond acceptors (Lipinski definition) is 4. The van der Waals surface area contributed by atoms with Crippen molar-refractivity contribution in [3.8, 4) is 0 Å². The Kier molecular flexibility index (Phi) is 4.73. The maximum Gasteiger partial charge on any atom is 0.325 e. The molecule has 0 aromatic carbocycles. The second kappa shape index (κ2) is 5.84. The van der Waals surface area contributed by atoms with E-state index in [0.717, 1.165) is 19.3 Å². The molecule has 5 heteroatoms. The molecule has 1 amide bonds. The number of likely N-dealkylation sites (tertiary alicyclic amines) is 1. The zero-order valence-electron chi connectivity index (χ0n) is 9.81. The van der Waals surface area contributed by atoms with Crippen LogP contribution in [0.15, 0.2) is 0 Å². The minimum atomic E-state index is -0.839. The van der Waals surface area contributed by atoms with Gasteiger partial charge in [0, 0.05) is 12.3 Å². The number of aliphatic hydroxyl groups is 1. The van der Waals surface area contributed by atoms with E-state index in [1.54, 1.807) is 0 Å². The summed E-state index contributed by atoms with van der Waals surface area (Å²) in [6.45, 7) is 1.90. The van der Waals surface area contributed by atoms with Crippen LogP contribution in [0.1, 0.15) is 32.6 Å². The third-order valence-corrected chi connectivity index (χ3v) is 2.92. The van der Waals surface area contributed by atoms with Crippen LogP contribution in [0.2, 0.25) is 0 Å². The fourth-order valence-electron chi connectivity index (χ4n) is 1.94. The lowest BCUT2D eigenvalue weighted by Gasteiger charge is -2.18. The molecule has 0 aromatic rings. The quantitative estimate of drug-likeness (QED) is 0.698. The van der Waals surface area contributed by atoms with Crippen molar-refractivity contribution in [2.45, 2.75) is 38.8 Å². The van der Waals surface area contributed by atoms with Gasteiger partial charge < -0.3 is 14.7 Å². The fraction of sp³-hybridized carbons (Fsp3) is 0.818. The number of hydrogen-bond donors (Lipinski definition) is 1. The average molecular weight is 229 g/mol. The predicted molar refractivity (Wildman–Crippen MR) is 57.4 cm³/mol. The first-order chi connectivity index (χ1) is 7.60. The van der Waals surface area contributed by atoms with Gasteiger partial charge in [-0.05, 0) is 6.42 Å². The molecule has 1 N–H and O–H groups in total. The summed E-state index contributed by atoms with van der Waals surface area (Å²) in [7, 11) is 1.27. The Morgan fingerprint density at radius 1 is 1.62 bits per heavy atom.